The number of nitrogens with zero attached hydrogens (tertiary/aromatic N) is 3. The number of benzene rings is 2. The number of nitrogen functional groups attached to an aromatic ring is 1. The third-order valence-corrected chi connectivity index (χ3v) is 7.82. The van der Waals surface area contributed by atoms with E-state index in [4.69, 9.17) is 15.2 Å². The number of carbonyl (C=O) groups is 1. The van der Waals surface area contributed by atoms with Crippen molar-refractivity contribution in [1.29, 1.82) is 0 Å². The Morgan fingerprint density at radius 3 is 2.21 bits per heavy atom. The highest BCUT2D eigenvalue weighted by Gasteiger charge is 2.45. The van der Waals surface area contributed by atoms with Gasteiger partial charge in [0.05, 0.1) is 6.10 Å². The highest BCUT2D eigenvalue weighted by atomic mass is 19.4. The molecule has 4 N–H and O–H groups in total. The topological polar surface area (TPSA) is 123 Å². The normalized spacial score (nSPS) is 19.2. The zero-order valence-corrected chi connectivity index (χ0v) is 23.4. The Kier molecular flexibility index (Phi) is 8.18. The number of aliphatic carboxylic acids is 1. The van der Waals surface area contributed by atoms with Gasteiger partial charge in [0.15, 0.2) is 0 Å². The number of aromatic nitrogens is 2. The lowest BCUT2D eigenvalue weighted by atomic mass is 9.76. The lowest BCUT2D eigenvalue weighted by Gasteiger charge is -2.39. The molecule has 0 aliphatic carbocycles. The molecule has 2 aliphatic heterocycles. The average Bonchev–Trinajstić information content (AvgIpc) is 3.35. The van der Waals surface area contributed by atoms with Crippen LogP contribution in [0.1, 0.15) is 44.8 Å². The molecule has 12 heteroatoms. The lowest BCUT2D eigenvalue weighted by molar-refractivity contribution is -0.198. The summed E-state index contributed by atoms with van der Waals surface area (Å²) in [7, 11) is 0. The zero-order valence-electron chi connectivity index (χ0n) is 23.4. The molecule has 3 aromatic rings. The van der Waals surface area contributed by atoms with Crippen molar-refractivity contribution in [2.24, 2.45) is 5.41 Å². The lowest BCUT2D eigenvalue weighted by Crippen LogP contribution is -2.41. The van der Waals surface area contributed by atoms with Crippen molar-refractivity contribution in [2.45, 2.75) is 57.5 Å². The van der Waals surface area contributed by atoms with Crippen molar-refractivity contribution < 1.29 is 32.5 Å². The second-order valence-electron chi connectivity index (χ2n) is 11.2. The highest BCUT2D eigenvalue weighted by Crippen LogP contribution is 2.41. The quantitative estimate of drug-likeness (QED) is 0.326. The number of ether oxygens (including phenoxy) is 2. The van der Waals surface area contributed by atoms with E-state index in [0.717, 1.165) is 24.0 Å². The van der Waals surface area contributed by atoms with Crippen molar-refractivity contribution >= 4 is 17.7 Å². The Bertz CT molecular complexity index is 1390. The van der Waals surface area contributed by atoms with Gasteiger partial charge >= 0.3 is 12.1 Å². The molecule has 2 fully saturated rings. The molecule has 3 heterocycles. The van der Waals surface area contributed by atoms with E-state index in [-0.39, 0.29) is 28.9 Å². The summed E-state index contributed by atoms with van der Waals surface area (Å²) in [6, 6.07) is 14.2. The number of piperidine rings is 1. The van der Waals surface area contributed by atoms with E-state index in [1.165, 1.54) is 18.2 Å². The summed E-state index contributed by atoms with van der Waals surface area (Å²) in [6.07, 6.45) is -4.97. The van der Waals surface area contributed by atoms with Crippen molar-refractivity contribution in [2.75, 3.05) is 30.3 Å². The van der Waals surface area contributed by atoms with E-state index in [0.29, 0.717) is 37.6 Å². The fraction of sp³-hybridized carbons (Fsp3) is 0.433. The average molecular weight is 586 g/mol. The van der Waals surface area contributed by atoms with E-state index in [9.17, 15) is 23.1 Å². The number of hydrogen-bond donors (Lipinski definition) is 3. The van der Waals surface area contributed by atoms with Crippen LogP contribution in [0.3, 0.4) is 0 Å². The van der Waals surface area contributed by atoms with Crippen molar-refractivity contribution in [3.63, 3.8) is 0 Å². The largest absolute Gasteiger partial charge is 0.491 e. The second-order valence-corrected chi connectivity index (χ2v) is 11.2. The number of carboxylic acid groups (broad SMARTS) is 1. The molecule has 2 saturated heterocycles. The fourth-order valence-corrected chi connectivity index (χ4v) is 5.63. The molecule has 1 spiro atoms. The van der Waals surface area contributed by atoms with E-state index in [2.05, 4.69) is 15.3 Å². The Balaban J connectivity index is 1.30. The van der Waals surface area contributed by atoms with Crippen LogP contribution in [0.2, 0.25) is 0 Å². The minimum Gasteiger partial charge on any atom is -0.491 e. The number of nitrogens with one attached hydrogen (secondary N) is 1. The second kappa shape index (κ2) is 11.7. The molecular formula is C30H34F3N5O4. The third kappa shape index (κ3) is 6.70. The molecule has 2 aromatic carbocycles. The van der Waals surface area contributed by atoms with Gasteiger partial charge in [0, 0.05) is 31.3 Å². The molecular weight excluding hydrogens is 551 g/mol. The summed E-state index contributed by atoms with van der Waals surface area (Å²) in [4.78, 5) is 21.5. The number of hydrogen-bond acceptors (Lipinski definition) is 8. The molecule has 1 unspecified atom stereocenters. The van der Waals surface area contributed by atoms with Crippen LogP contribution in [0.25, 0.3) is 11.1 Å². The maximum absolute atomic E-state index is 14.2. The minimum absolute atomic E-state index is 0.0331. The van der Waals surface area contributed by atoms with Crippen LogP contribution in [0.5, 0.6) is 11.6 Å². The van der Waals surface area contributed by atoms with Gasteiger partial charge in [-0.3, -0.25) is 4.79 Å². The molecule has 2 aliphatic rings. The van der Waals surface area contributed by atoms with E-state index in [1.54, 1.807) is 12.1 Å². The highest BCUT2D eigenvalue weighted by molar-refractivity contribution is 5.74. The molecule has 0 radical (unpaired) electrons. The van der Waals surface area contributed by atoms with Gasteiger partial charge < -0.3 is 30.5 Å². The third-order valence-electron chi connectivity index (χ3n) is 7.82. The van der Waals surface area contributed by atoms with Crippen molar-refractivity contribution in [3.05, 3.63) is 60.2 Å². The standard InChI is InChI=1S/C30H34F3N5O4/c1-18(2)41-22-9-7-20(8-10-22)19-3-5-21(6-4-19)26(30(31,32)33)42-25-15-24(36-28(34)37-25)38-13-11-29(12-14-38)16-23(27(39)40)35-17-29/h3-10,15,18,23,26,35H,11-14,16-17H2,1-2H3,(H,39,40)(H2,34,36,37)/t23-,26?/m0/s1. The Labute approximate surface area is 241 Å². The van der Waals surface area contributed by atoms with Gasteiger partial charge in [0.25, 0.3) is 0 Å². The summed E-state index contributed by atoms with van der Waals surface area (Å²) in [5, 5.41) is 12.4. The van der Waals surface area contributed by atoms with Crippen LogP contribution in [0.15, 0.2) is 54.6 Å². The van der Waals surface area contributed by atoms with E-state index >= 15 is 0 Å². The van der Waals surface area contributed by atoms with Crippen LogP contribution in [-0.4, -0.2) is 59.0 Å². The van der Waals surface area contributed by atoms with Gasteiger partial charge in [-0.15, -0.1) is 0 Å². The predicted octanol–water partition coefficient (Wildman–Crippen LogP) is 5.23. The molecule has 2 atom stereocenters. The number of carboxylic acids is 1. The number of alkyl halides is 3. The number of anilines is 2. The number of nitrogens with two attached hydrogens (primary N) is 1. The smallest absolute Gasteiger partial charge is 0.429 e. The van der Waals surface area contributed by atoms with Crippen molar-refractivity contribution in [3.8, 4) is 22.8 Å². The summed E-state index contributed by atoms with van der Waals surface area (Å²) in [6.45, 7) is 5.58. The van der Waals surface area contributed by atoms with Gasteiger partial charge in [0.1, 0.15) is 17.6 Å². The van der Waals surface area contributed by atoms with Gasteiger partial charge in [0.2, 0.25) is 17.9 Å². The predicted molar refractivity (Wildman–Crippen MR) is 151 cm³/mol. The van der Waals surface area contributed by atoms with Crippen LogP contribution in [0.4, 0.5) is 24.9 Å². The molecule has 5 rings (SSSR count). The number of rotatable bonds is 8. The SMILES string of the molecule is CC(C)Oc1ccc(-c2ccc(C(Oc3cc(N4CCC5(CC4)CN[C@H](C(=O)O)C5)nc(N)n3)C(F)(F)F)cc2)cc1. The monoisotopic (exact) mass is 585 g/mol. The zero-order chi connectivity index (χ0) is 30.1. The molecule has 1 aromatic heterocycles. The molecule has 42 heavy (non-hydrogen) atoms. The fourth-order valence-electron chi connectivity index (χ4n) is 5.63. The van der Waals surface area contributed by atoms with Gasteiger partial charge in [-0.1, -0.05) is 36.4 Å². The van der Waals surface area contributed by atoms with Crippen LogP contribution >= 0.6 is 0 Å². The van der Waals surface area contributed by atoms with Gasteiger partial charge in [-0.25, -0.2) is 0 Å². The van der Waals surface area contributed by atoms with Crippen LogP contribution in [0, 0.1) is 5.41 Å². The van der Waals surface area contributed by atoms with Gasteiger partial charge in [-0.05, 0) is 61.8 Å². The van der Waals surface area contributed by atoms with Gasteiger partial charge in [-0.2, -0.15) is 23.1 Å². The van der Waals surface area contributed by atoms with E-state index < -0.39 is 24.3 Å². The maximum atomic E-state index is 14.2. The first-order valence-corrected chi connectivity index (χ1v) is 13.9. The maximum Gasteiger partial charge on any atom is 0.429 e. The molecule has 224 valence electrons. The van der Waals surface area contributed by atoms with Crippen molar-refractivity contribution in [1.82, 2.24) is 15.3 Å². The first-order valence-electron chi connectivity index (χ1n) is 13.9. The first-order chi connectivity index (χ1) is 19.9. The van der Waals surface area contributed by atoms with Crippen LogP contribution in [-0.2, 0) is 4.79 Å². The molecule has 9 nitrogen and oxygen atoms in total. The van der Waals surface area contributed by atoms with E-state index in [1.807, 2.05) is 43.0 Å². The summed E-state index contributed by atoms with van der Waals surface area (Å²) < 4.78 is 53.7. The molecule has 0 saturated carbocycles. The Morgan fingerprint density at radius 1 is 1.05 bits per heavy atom. The first kappa shape index (κ1) is 29.4. The summed E-state index contributed by atoms with van der Waals surface area (Å²) >= 11 is 0. The molecule has 0 bridgehead atoms. The Morgan fingerprint density at radius 2 is 1.67 bits per heavy atom. The van der Waals surface area contributed by atoms with Crippen LogP contribution < -0.4 is 25.4 Å². The Hall–Kier alpha value is -4.06. The minimum atomic E-state index is -4.72. The summed E-state index contributed by atoms with van der Waals surface area (Å²) in [5.74, 6) is -0.254. The molecule has 0 amide bonds. The number of halogens is 3. The summed E-state index contributed by atoms with van der Waals surface area (Å²) in [5.41, 5.74) is 7.26.